The second-order valence-corrected chi connectivity index (χ2v) is 6.15. The molecule has 2 N–H and O–H groups in total. The predicted molar refractivity (Wildman–Crippen MR) is 77.6 cm³/mol. The molecule has 1 atom stereocenters. The zero-order chi connectivity index (χ0) is 15.0. The van der Waals surface area contributed by atoms with Crippen molar-refractivity contribution in [3.8, 4) is 0 Å². The first-order valence-corrected chi connectivity index (χ1v) is 8.01. The van der Waals surface area contributed by atoms with Gasteiger partial charge in [0.1, 0.15) is 0 Å². The van der Waals surface area contributed by atoms with Gasteiger partial charge in [0.2, 0.25) is 0 Å². The third kappa shape index (κ3) is 5.51. The summed E-state index contributed by atoms with van der Waals surface area (Å²) < 4.78 is 0. The van der Waals surface area contributed by atoms with Gasteiger partial charge in [-0.25, -0.2) is 0 Å². The van der Waals surface area contributed by atoms with Gasteiger partial charge in [-0.3, -0.25) is 9.59 Å². The van der Waals surface area contributed by atoms with E-state index in [0.29, 0.717) is 12.3 Å². The van der Waals surface area contributed by atoms with Crippen LogP contribution in [0, 0.1) is 17.8 Å². The van der Waals surface area contributed by atoms with Crippen LogP contribution in [-0.2, 0) is 9.59 Å². The molecule has 0 aromatic carbocycles. The van der Waals surface area contributed by atoms with E-state index in [1.807, 2.05) is 6.92 Å². The first-order valence-electron chi connectivity index (χ1n) is 8.01. The van der Waals surface area contributed by atoms with E-state index in [2.05, 4.69) is 0 Å². The van der Waals surface area contributed by atoms with E-state index in [1.54, 1.807) is 0 Å². The molecule has 0 saturated heterocycles. The van der Waals surface area contributed by atoms with Crippen LogP contribution >= 0.6 is 0 Å². The molecule has 0 bridgehead atoms. The first kappa shape index (κ1) is 17.0. The molecule has 0 aliphatic heterocycles. The summed E-state index contributed by atoms with van der Waals surface area (Å²) in [6.45, 7) is 1.99. The maximum absolute atomic E-state index is 11.2. The quantitative estimate of drug-likeness (QED) is 0.694. The maximum atomic E-state index is 11.2. The molecule has 0 radical (unpaired) electrons. The summed E-state index contributed by atoms with van der Waals surface area (Å²) in [4.78, 5) is 22.5. The molecule has 1 fully saturated rings. The highest BCUT2D eigenvalue weighted by Gasteiger charge is 2.35. The second kappa shape index (κ2) is 8.98. The van der Waals surface area contributed by atoms with Crippen molar-refractivity contribution in [2.24, 2.45) is 17.8 Å². The molecule has 4 heteroatoms. The molecule has 0 heterocycles. The third-order valence-electron chi connectivity index (χ3n) is 4.52. The van der Waals surface area contributed by atoms with E-state index in [1.165, 1.54) is 32.1 Å². The smallest absolute Gasteiger partial charge is 0.318 e. The van der Waals surface area contributed by atoms with Gasteiger partial charge in [-0.15, -0.1) is 0 Å². The SMILES string of the molecule is CCCC(CC1CCCCCCC1)C(C(=O)O)C(=O)O. The molecule has 0 aromatic heterocycles. The summed E-state index contributed by atoms with van der Waals surface area (Å²) >= 11 is 0. The highest BCUT2D eigenvalue weighted by atomic mass is 16.4. The number of carbonyl (C=O) groups is 2. The van der Waals surface area contributed by atoms with E-state index in [0.717, 1.165) is 25.7 Å². The van der Waals surface area contributed by atoms with E-state index in [-0.39, 0.29) is 5.92 Å². The predicted octanol–water partition coefficient (Wildman–Crippen LogP) is 3.94. The van der Waals surface area contributed by atoms with Crippen LogP contribution in [0.5, 0.6) is 0 Å². The van der Waals surface area contributed by atoms with Gasteiger partial charge in [-0.1, -0.05) is 58.3 Å². The Morgan fingerprint density at radius 3 is 1.95 bits per heavy atom. The van der Waals surface area contributed by atoms with Crippen LogP contribution in [0.4, 0.5) is 0 Å². The van der Waals surface area contributed by atoms with Gasteiger partial charge in [-0.05, 0) is 24.7 Å². The van der Waals surface area contributed by atoms with Crippen molar-refractivity contribution in [2.45, 2.75) is 71.1 Å². The van der Waals surface area contributed by atoms with Gasteiger partial charge in [-0.2, -0.15) is 0 Å². The van der Waals surface area contributed by atoms with E-state index < -0.39 is 17.9 Å². The zero-order valence-electron chi connectivity index (χ0n) is 12.5. The van der Waals surface area contributed by atoms with Gasteiger partial charge in [0.05, 0.1) is 0 Å². The van der Waals surface area contributed by atoms with E-state index in [4.69, 9.17) is 0 Å². The first-order chi connectivity index (χ1) is 9.56. The Bertz CT molecular complexity index is 292. The van der Waals surface area contributed by atoms with E-state index >= 15 is 0 Å². The molecule has 0 spiro atoms. The summed E-state index contributed by atoms with van der Waals surface area (Å²) in [6, 6.07) is 0. The minimum Gasteiger partial charge on any atom is -0.481 e. The summed E-state index contributed by atoms with van der Waals surface area (Å²) in [5, 5.41) is 18.4. The van der Waals surface area contributed by atoms with Crippen LogP contribution in [0.1, 0.15) is 71.1 Å². The number of carboxylic acid groups (broad SMARTS) is 2. The lowest BCUT2D eigenvalue weighted by molar-refractivity contribution is -0.157. The lowest BCUT2D eigenvalue weighted by atomic mass is 9.77. The Hall–Kier alpha value is -1.06. The lowest BCUT2D eigenvalue weighted by Crippen LogP contribution is -2.32. The summed E-state index contributed by atoms with van der Waals surface area (Å²) in [5.74, 6) is -3.31. The standard InChI is InChI=1S/C16H28O4/c1-2-8-13(14(15(17)18)16(19)20)11-12-9-6-4-3-5-7-10-12/h12-14H,2-11H2,1H3,(H,17,18)(H,19,20). The van der Waals surface area contributed by atoms with Crippen molar-refractivity contribution in [2.75, 3.05) is 0 Å². The van der Waals surface area contributed by atoms with Crippen molar-refractivity contribution in [3.63, 3.8) is 0 Å². The summed E-state index contributed by atoms with van der Waals surface area (Å²) in [6.07, 6.45) is 10.8. The van der Waals surface area contributed by atoms with Gasteiger partial charge < -0.3 is 10.2 Å². The van der Waals surface area contributed by atoms with Gasteiger partial charge in [0.15, 0.2) is 5.92 Å². The van der Waals surface area contributed by atoms with Crippen molar-refractivity contribution < 1.29 is 19.8 Å². The van der Waals surface area contributed by atoms with Crippen molar-refractivity contribution in [1.82, 2.24) is 0 Å². The van der Waals surface area contributed by atoms with Crippen LogP contribution in [0.3, 0.4) is 0 Å². The molecule has 1 aliphatic rings. The number of hydrogen-bond donors (Lipinski definition) is 2. The molecule has 0 aromatic rings. The summed E-state index contributed by atoms with van der Waals surface area (Å²) in [7, 11) is 0. The number of rotatable bonds is 7. The van der Waals surface area contributed by atoms with Gasteiger partial charge in [0, 0.05) is 0 Å². The van der Waals surface area contributed by atoms with Crippen LogP contribution < -0.4 is 0 Å². The fourth-order valence-corrected chi connectivity index (χ4v) is 3.50. The lowest BCUT2D eigenvalue weighted by Gasteiger charge is -2.27. The van der Waals surface area contributed by atoms with Crippen LogP contribution in [0.2, 0.25) is 0 Å². The molecule has 20 heavy (non-hydrogen) atoms. The minimum atomic E-state index is -1.24. The molecule has 1 saturated carbocycles. The monoisotopic (exact) mass is 284 g/mol. The third-order valence-corrected chi connectivity index (χ3v) is 4.52. The normalized spacial score (nSPS) is 19.3. The molecule has 1 aliphatic carbocycles. The fraction of sp³-hybridized carbons (Fsp3) is 0.875. The highest BCUT2D eigenvalue weighted by molar-refractivity contribution is 5.93. The Kier molecular flexibility index (Phi) is 7.63. The highest BCUT2D eigenvalue weighted by Crippen LogP contribution is 2.33. The topological polar surface area (TPSA) is 74.6 Å². The van der Waals surface area contributed by atoms with Gasteiger partial charge >= 0.3 is 11.9 Å². The zero-order valence-corrected chi connectivity index (χ0v) is 12.5. The Balaban J connectivity index is 2.68. The molecule has 0 amide bonds. The van der Waals surface area contributed by atoms with Crippen molar-refractivity contribution in [1.29, 1.82) is 0 Å². The molecular formula is C16H28O4. The number of carboxylic acids is 2. The Morgan fingerprint density at radius 2 is 1.50 bits per heavy atom. The average molecular weight is 284 g/mol. The number of hydrogen-bond acceptors (Lipinski definition) is 2. The molecule has 1 unspecified atom stereocenters. The van der Waals surface area contributed by atoms with Crippen LogP contribution in [-0.4, -0.2) is 22.2 Å². The maximum Gasteiger partial charge on any atom is 0.318 e. The molecule has 1 rings (SSSR count). The van der Waals surface area contributed by atoms with E-state index in [9.17, 15) is 19.8 Å². The van der Waals surface area contributed by atoms with Crippen molar-refractivity contribution in [3.05, 3.63) is 0 Å². The minimum absolute atomic E-state index is 0.223. The Morgan fingerprint density at radius 1 is 1.00 bits per heavy atom. The molecular weight excluding hydrogens is 256 g/mol. The summed E-state index contributed by atoms with van der Waals surface area (Å²) in [5.41, 5.74) is 0. The second-order valence-electron chi connectivity index (χ2n) is 6.15. The molecule has 116 valence electrons. The van der Waals surface area contributed by atoms with Crippen LogP contribution in [0.25, 0.3) is 0 Å². The van der Waals surface area contributed by atoms with Crippen LogP contribution in [0.15, 0.2) is 0 Å². The fourth-order valence-electron chi connectivity index (χ4n) is 3.50. The van der Waals surface area contributed by atoms with Gasteiger partial charge in [0.25, 0.3) is 0 Å². The Labute approximate surface area is 121 Å². The largest absolute Gasteiger partial charge is 0.481 e. The average Bonchev–Trinajstić information content (AvgIpc) is 2.31. The van der Waals surface area contributed by atoms with Crippen molar-refractivity contribution >= 4 is 11.9 Å². The number of aliphatic carboxylic acids is 2. The molecule has 4 nitrogen and oxygen atoms in total.